The second-order valence-electron chi connectivity index (χ2n) is 6.46. The molecule has 1 aromatic rings. The molecule has 8 heteroatoms. The van der Waals surface area contributed by atoms with Gasteiger partial charge in [-0.1, -0.05) is 18.5 Å². The van der Waals surface area contributed by atoms with Crippen molar-refractivity contribution in [3.8, 4) is 0 Å². The molecule has 1 fully saturated rings. The van der Waals surface area contributed by atoms with Crippen LogP contribution in [-0.2, 0) is 14.8 Å². The molecule has 6 nitrogen and oxygen atoms in total. The minimum atomic E-state index is -3.57. The van der Waals surface area contributed by atoms with E-state index in [-0.39, 0.29) is 17.3 Å². The van der Waals surface area contributed by atoms with Crippen LogP contribution in [0.25, 0.3) is 0 Å². The van der Waals surface area contributed by atoms with Crippen molar-refractivity contribution in [2.24, 2.45) is 5.92 Å². The van der Waals surface area contributed by atoms with Gasteiger partial charge in [-0.3, -0.25) is 9.69 Å². The van der Waals surface area contributed by atoms with Crippen LogP contribution in [0.2, 0.25) is 5.02 Å². The molecule has 1 amide bonds. The van der Waals surface area contributed by atoms with Crippen molar-refractivity contribution in [3.05, 3.63) is 23.2 Å². The SMILES string of the molecule is C[C@H]1CCCN(CC(=O)Nc2cc(S(=O)(=O)N(C)C)ccc2Cl)C1. The van der Waals surface area contributed by atoms with Gasteiger partial charge < -0.3 is 5.32 Å². The van der Waals surface area contributed by atoms with Crippen molar-refractivity contribution < 1.29 is 13.2 Å². The van der Waals surface area contributed by atoms with Gasteiger partial charge in [0, 0.05) is 20.6 Å². The molecule has 1 saturated heterocycles. The first-order valence-electron chi connectivity index (χ1n) is 7.94. The molecule has 2 rings (SSSR count). The van der Waals surface area contributed by atoms with Crippen LogP contribution < -0.4 is 5.32 Å². The average molecular weight is 374 g/mol. The Bertz CT molecular complexity index is 707. The third-order valence-corrected chi connectivity index (χ3v) is 6.24. The zero-order chi connectivity index (χ0) is 17.9. The van der Waals surface area contributed by atoms with Crippen molar-refractivity contribution in [1.82, 2.24) is 9.21 Å². The fraction of sp³-hybridized carbons (Fsp3) is 0.562. The van der Waals surface area contributed by atoms with E-state index < -0.39 is 10.0 Å². The fourth-order valence-electron chi connectivity index (χ4n) is 2.79. The molecule has 1 aliphatic heterocycles. The van der Waals surface area contributed by atoms with Crippen molar-refractivity contribution in [2.75, 3.05) is 39.0 Å². The van der Waals surface area contributed by atoms with Crippen LogP contribution in [0.1, 0.15) is 19.8 Å². The molecule has 1 N–H and O–H groups in total. The fourth-order valence-corrected chi connectivity index (χ4v) is 3.89. The van der Waals surface area contributed by atoms with Crippen molar-refractivity contribution >= 4 is 33.2 Å². The van der Waals surface area contributed by atoms with E-state index in [9.17, 15) is 13.2 Å². The molecule has 1 atom stereocenters. The number of carbonyl (C=O) groups is 1. The van der Waals surface area contributed by atoms with Gasteiger partial charge >= 0.3 is 0 Å². The average Bonchev–Trinajstić information content (AvgIpc) is 2.49. The lowest BCUT2D eigenvalue weighted by Crippen LogP contribution is -2.39. The number of amides is 1. The number of hydrogen-bond donors (Lipinski definition) is 1. The zero-order valence-electron chi connectivity index (χ0n) is 14.3. The van der Waals surface area contributed by atoms with Gasteiger partial charge in [0.1, 0.15) is 0 Å². The molecular formula is C16H24ClN3O3S. The van der Waals surface area contributed by atoms with Gasteiger partial charge in [-0.2, -0.15) is 0 Å². The minimum absolute atomic E-state index is 0.0961. The predicted molar refractivity (Wildman–Crippen MR) is 95.8 cm³/mol. The standard InChI is InChI=1S/C16H24ClN3O3S/c1-12-5-4-8-20(10-12)11-16(21)18-15-9-13(6-7-14(15)17)24(22,23)19(2)3/h6-7,9,12H,4-5,8,10-11H2,1-3H3,(H,18,21)/t12-/m0/s1. The Morgan fingerprint density at radius 2 is 2.12 bits per heavy atom. The molecule has 1 heterocycles. The Morgan fingerprint density at radius 3 is 2.75 bits per heavy atom. The first-order chi connectivity index (χ1) is 11.2. The van der Waals surface area contributed by atoms with Crippen LogP contribution >= 0.6 is 11.6 Å². The lowest BCUT2D eigenvalue weighted by molar-refractivity contribution is -0.117. The summed E-state index contributed by atoms with van der Waals surface area (Å²) in [5.41, 5.74) is 0.314. The molecule has 0 unspecified atom stereocenters. The first kappa shape index (κ1) is 19.2. The highest BCUT2D eigenvalue weighted by Gasteiger charge is 2.21. The predicted octanol–water partition coefficient (Wildman–Crippen LogP) is 2.26. The van der Waals surface area contributed by atoms with Gasteiger partial charge in [0.05, 0.1) is 22.2 Å². The molecule has 134 valence electrons. The third-order valence-electron chi connectivity index (χ3n) is 4.10. The van der Waals surface area contributed by atoms with Crippen molar-refractivity contribution in [1.29, 1.82) is 0 Å². The molecule has 0 aromatic heterocycles. The highest BCUT2D eigenvalue weighted by Crippen LogP contribution is 2.26. The number of carbonyl (C=O) groups excluding carboxylic acids is 1. The summed E-state index contributed by atoms with van der Waals surface area (Å²) < 4.78 is 25.5. The zero-order valence-corrected chi connectivity index (χ0v) is 15.8. The maximum absolute atomic E-state index is 12.3. The van der Waals surface area contributed by atoms with Crippen LogP contribution in [0.4, 0.5) is 5.69 Å². The number of sulfonamides is 1. The Morgan fingerprint density at radius 1 is 1.42 bits per heavy atom. The number of anilines is 1. The van der Waals surface area contributed by atoms with E-state index in [2.05, 4.69) is 17.1 Å². The molecule has 0 aliphatic carbocycles. The Hall–Kier alpha value is -1.15. The van der Waals surface area contributed by atoms with Crippen LogP contribution in [0, 0.1) is 5.92 Å². The van der Waals surface area contributed by atoms with E-state index in [1.807, 2.05) is 0 Å². The second kappa shape index (κ2) is 7.82. The highest BCUT2D eigenvalue weighted by atomic mass is 35.5. The van der Waals surface area contributed by atoms with Gasteiger partial charge in [0.15, 0.2) is 0 Å². The van der Waals surface area contributed by atoms with Crippen LogP contribution in [0.3, 0.4) is 0 Å². The van der Waals surface area contributed by atoms with Gasteiger partial charge in [-0.25, -0.2) is 12.7 Å². The monoisotopic (exact) mass is 373 g/mol. The maximum Gasteiger partial charge on any atom is 0.242 e. The molecule has 0 radical (unpaired) electrons. The molecule has 1 aliphatic rings. The molecule has 0 saturated carbocycles. The lowest BCUT2D eigenvalue weighted by atomic mass is 10.0. The topological polar surface area (TPSA) is 69.7 Å². The molecule has 1 aromatic carbocycles. The van der Waals surface area contributed by atoms with Gasteiger partial charge in [-0.05, 0) is 43.5 Å². The Kier molecular flexibility index (Phi) is 6.25. The normalized spacial score (nSPS) is 19.5. The van der Waals surface area contributed by atoms with Crippen LogP contribution in [0.5, 0.6) is 0 Å². The van der Waals surface area contributed by atoms with E-state index in [4.69, 9.17) is 11.6 Å². The highest BCUT2D eigenvalue weighted by molar-refractivity contribution is 7.89. The van der Waals surface area contributed by atoms with Crippen LogP contribution in [0.15, 0.2) is 23.1 Å². The lowest BCUT2D eigenvalue weighted by Gasteiger charge is -2.30. The van der Waals surface area contributed by atoms with Crippen LogP contribution in [-0.4, -0.2) is 57.3 Å². The molecule has 24 heavy (non-hydrogen) atoms. The number of hydrogen-bond acceptors (Lipinski definition) is 4. The van der Waals surface area contributed by atoms with Gasteiger partial charge in [0.25, 0.3) is 0 Å². The number of likely N-dealkylation sites (tertiary alicyclic amines) is 1. The van der Waals surface area contributed by atoms with E-state index in [0.29, 0.717) is 16.6 Å². The number of nitrogens with zero attached hydrogens (tertiary/aromatic N) is 2. The van der Waals surface area contributed by atoms with E-state index in [1.54, 1.807) is 0 Å². The summed E-state index contributed by atoms with van der Waals surface area (Å²) >= 11 is 6.10. The van der Waals surface area contributed by atoms with E-state index >= 15 is 0 Å². The molecule has 0 bridgehead atoms. The number of nitrogens with one attached hydrogen (secondary N) is 1. The summed E-state index contributed by atoms with van der Waals surface area (Å²) in [6, 6.07) is 4.31. The summed E-state index contributed by atoms with van der Waals surface area (Å²) in [5.74, 6) is 0.397. The third kappa shape index (κ3) is 4.69. The Labute approximate surface area is 148 Å². The number of halogens is 1. The van der Waals surface area contributed by atoms with Gasteiger partial charge in [0.2, 0.25) is 15.9 Å². The van der Waals surface area contributed by atoms with Crippen molar-refractivity contribution in [3.63, 3.8) is 0 Å². The quantitative estimate of drug-likeness (QED) is 0.859. The summed E-state index contributed by atoms with van der Waals surface area (Å²) in [7, 11) is -0.657. The Balaban J connectivity index is 2.10. The summed E-state index contributed by atoms with van der Waals surface area (Å²) in [6.45, 7) is 4.26. The van der Waals surface area contributed by atoms with Gasteiger partial charge in [-0.15, -0.1) is 0 Å². The maximum atomic E-state index is 12.3. The minimum Gasteiger partial charge on any atom is -0.324 e. The largest absolute Gasteiger partial charge is 0.324 e. The summed E-state index contributed by atoms with van der Waals surface area (Å²) in [6.07, 6.45) is 2.28. The number of piperidine rings is 1. The number of rotatable bonds is 5. The summed E-state index contributed by atoms with van der Waals surface area (Å²) in [5, 5.41) is 3.04. The first-order valence-corrected chi connectivity index (χ1v) is 9.76. The van der Waals surface area contributed by atoms with Crippen molar-refractivity contribution in [2.45, 2.75) is 24.7 Å². The molecule has 0 spiro atoms. The van der Waals surface area contributed by atoms with E-state index in [1.165, 1.54) is 38.7 Å². The number of benzene rings is 1. The smallest absolute Gasteiger partial charge is 0.242 e. The second-order valence-corrected chi connectivity index (χ2v) is 9.02. The molecular weight excluding hydrogens is 350 g/mol. The summed E-state index contributed by atoms with van der Waals surface area (Å²) in [4.78, 5) is 14.5. The van der Waals surface area contributed by atoms with E-state index in [0.717, 1.165) is 23.8 Å².